The average molecular weight is 329 g/mol. The molecule has 2 fully saturated rings. The van der Waals surface area contributed by atoms with E-state index >= 15 is 0 Å². The third-order valence-electron chi connectivity index (χ3n) is 5.62. The van der Waals surface area contributed by atoms with E-state index in [-0.39, 0.29) is 11.8 Å². The predicted molar refractivity (Wildman–Crippen MR) is 97.8 cm³/mol. The molecule has 0 saturated carbocycles. The maximum Gasteiger partial charge on any atom is 0.223 e. The third kappa shape index (κ3) is 4.58. The molecule has 1 unspecified atom stereocenters. The smallest absolute Gasteiger partial charge is 0.223 e. The number of amides is 1. The van der Waals surface area contributed by atoms with Crippen LogP contribution in [0.15, 0.2) is 30.3 Å². The molecular formula is C20H31N3O. The minimum absolute atomic E-state index is 0.184. The highest BCUT2D eigenvalue weighted by molar-refractivity contribution is 5.78. The Morgan fingerprint density at radius 1 is 1.17 bits per heavy atom. The molecule has 0 spiro atoms. The zero-order chi connectivity index (χ0) is 16.8. The van der Waals surface area contributed by atoms with Gasteiger partial charge >= 0.3 is 0 Å². The van der Waals surface area contributed by atoms with Crippen LogP contribution < -0.4 is 10.6 Å². The highest BCUT2D eigenvalue weighted by Gasteiger charge is 2.26. The summed E-state index contributed by atoms with van der Waals surface area (Å²) in [6, 6.07) is 10.9. The Morgan fingerprint density at radius 3 is 2.50 bits per heavy atom. The number of hydrogen-bond donors (Lipinski definition) is 2. The number of nitrogens with one attached hydrogen (secondary N) is 2. The van der Waals surface area contributed by atoms with Gasteiger partial charge in [-0.3, -0.25) is 9.69 Å². The average Bonchev–Trinajstić information content (AvgIpc) is 2.65. The molecule has 4 heteroatoms. The van der Waals surface area contributed by atoms with Crippen molar-refractivity contribution in [3.05, 3.63) is 35.9 Å². The van der Waals surface area contributed by atoms with E-state index in [4.69, 9.17) is 0 Å². The zero-order valence-corrected chi connectivity index (χ0v) is 14.8. The highest BCUT2D eigenvalue weighted by Crippen LogP contribution is 2.26. The van der Waals surface area contributed by atoms with Crippen LogP contribution in [0.5, 0.6) is 0 Å². The quantitative estimate of drug-likeness (QED) is 0.873. The van der Waals surface area contributed by atoms with Crippen molar-refractivity contribution >= 4 is 5.91 Å². The van der Waals surface area contributed by atoms with Crippen LogP contribution in [0.3, 0.4) is 0 Å². The van der Waals surface area contributed by atoms with Gasteiger partial charge in [0, 0.05) is 12.5 Å². The van der Waals surface area contributed by atoms with E-state index in [0.29, 0.717) is 6.04 Å². The summed E-state index contributed by atoms with van der Waals surface area (Å²) in [4.78, 5) is 15.1. The topological polar surface area (TPSA) is 44.4 Å². The standard InChI is InChI=1S/C20H31N3O/c1-16-9-13-23(14-10-16)19(17-5-3-2-4-6-17)15-22-20(24)18-7-11-21-12-8-18/h2-6,16,18-19,21H,7-15H2,1H3,(H,22,24). The van der Waals surface area contributed by atoms with E-state index in [1.165, 1.54) is 18.4 Å². The molecule has 2 N–H and O–H groups in total. The molecule has 2 aliphatic rings. The molecule has 0 aromatic heterocycles. The summed E-state index contributed by atoms with van der Waals surface area (Å²) >= 11 is 0. The van der Waals surface area contributed by atoms with E-state index < -0.39 is 0 Å². The fourth-order valence-corrected chi connectivity index (χ4v) is 3.90. The number of benzene rings is 1. The summed E-state index contributed by atoms with van der Waals surface area (Å²) in [5, 5.41) is 6.58. The fraction of sp³-hybridized carbons (Fsp3) is 0.650. The molecule has 2 aliphatic heterocycles. The predicted octanol–water partition coefficient (Wildman–Crippen LogP) is 2.58. The molecule has 1 atom stereocenters. The van der Waals surface area contributed by atoms with Crippen LogP contribution in [0.25, 0.3) is 0 Å². The van der Waals surface area contributed by atoms with Crippen molar-refractivity contribution in [3.63, 3.8) is 0 Å². The van der Waals surface area contributed by atoms with Crippen LogP contribution in [0.4, 0.5) is 0 Å². The number of hydrogen-bond acceptors (Lipinski definition) is 3. The molecule has 1 aromatic rings. The second-order valence-corrected chi connectivity index (χ2v) is 7.41. The first-order valence-electron chi connectivity index (χ1n) is 9.51. The first kappa shape index (κ1) is 17.4. The molecule has 4 nitrogen and oxygen atoms in total. The van der Waals surface area contributed by atoms with Gasteiger partial charge in [-0.25, -0.2) is 0 Å². The Balaban J connectivity index is 1.62. The molecule has 1 aromatic carbocycles. The largest absolute Gasteiger partial charge is 0.354 e. The van der Waals surface area contributed by atoms with Gasteiger partial charge in [0.2, 0.25) is 5.91 Å². The van der Waals surface area contributed by atoms with Crippen molar-refractivity contribution in [2.45, 2.75) is 38.6 Å². The van der Waals surface area contributed by atoms with Crippen molar-refractivity contribution in [3.8, 4) is 0 Å². The minimum atomic E-state index is 0.184. The van der Waals surface area contributed by atoms with Crippen LogP contribution in [0, 0.1) is 11.8 Å². The molecule has 2 saturated heterocycles. The van der Waals surface area contributed by atoms with Crippen molar-refractivity contribution < 1.29 is 4.79 Å². The minimum Gasteiger partial charge on any atom is -0.354 e. The molecule has 1 amide bonds. The van der Waals surface area contributed by atoms with Gasteiger partial charge in [0.05, 0.1) is 6.04 Å². The van der Waals surface area contributed by atoms with E-state index in [1.54, 1.807) is 0 Å². The van der Waals surface area contributed by atoms with Gasteiger partial charge < -0.3 is 10.6 Å². The van der Waals surface area contributed by atoms with Crippen LogP contribution in [0.2, 0.25) is 0 Å². The summed E-state index contributed by atoms with van der Waals surface area (Å²) in [6.45, 7) is 7.25. The van der Waals surface area contributed by atoms with Crippen LogP contribution in [-0.2, 0) is 4.79 Å². The number of carbonyl (C=O) groups excluding carboxylic acids is 1. The Bertz CT molecular complexity index is 505. The summed E-state index contributed by atoms with van der Waals surface area (Å²) in [6.07, 6.45) is 4.43. The zero-order valence-electron chi connectivity index (χ0n) is 14.8. The molecule has 0 radical (unpaired) electrons. The molecule has 0 bridgehead atoms. The van der Waals surface area contributed by atoms with Crippen molar-refractivity contribution in [1.29, 1.82) is 0 Å². The molecule has 132 valence electrons. The van der Waals surface area contributed by atoms with E-state index in [1.807, 2.05) is 0 Å². The second-order valence-electron chi connectivity index (χ2n) is 7.41. The van der Waals surface area contributed by atoms with Gasteiger partial charge in [-0.1, -0.05) is 37.3 Å². The molecular weight excluding hydrogens is 298 g/mol. The SMILES string of the molecule is CC1CCN(C(CNC(=O)C2CCNCC2)c2ccccc2)CC1. The Kier molecular flexibility index (Phi) is 6.27. The lowest BCUT2D eigenvalue weighted by molar-refractivity contribution is -0.126. The normalized spacial score (nSPS) is 22.2. The summed E-state index contributed by atoms with van der Waals surface area (Å²) < 4.78 is 0. The van der Waals surface area contributed by atoms with Gasteiger partial charge in [0.25, 0.3) is 0 Å². The maximum atomic E-state index is 12.5. The van der Waals surface area contributed by atoms with Gasteiger partial charge in [-0.15, -0.1) is 0 Å². The monoisotopic (exact) mass is 329 g/mol. The van der Waals surface area contributed by atoms with Gasteiger partial charge in [-0.2, -0.15) is 0 Å². The van der Waals surface area contributed by atoms with E-state index in [2.05, 4.69) is 52.8 Å². The lowest BCUT2D eigenvalue weighted by atomic mass is 9.95. The van der Waals surface area contributed by atoms with E-state index in [0.717, 1.165) is 51.5 Å². The Labute approximate surface area is 146 Å². The first-order chi connectivity index (χ1) is 11.7. The number of piperidine rings is 2. The fourth-order valence-electron chi connectivity index (χ4n) is 3.90. The molecule has 24 heavy (non-hydrogen) atoms. The van der Waals surface area contributed by atoms with Crippen molar-refractivity contribution in [2.75, 3.05) is 32.7 Å². The molecule has 2 heterocycles. The van der Waals surface area contributed by atoms with Crippen molar-refractivity contribution in [2.24, 2.45) is 11.8 Å². The highest BCUT2D eigenvalue weighted by atomic mass is 16.1. The van der Waals surface area contributed by atoms with E-state index in [9.17, 15) is 4.79 Å². The Morgan fingerprint density at radius 2 is 1.83 bits per heavy atom. The molecule has 0 aliphatic carbocycles. The summed E-state index contributed by atoms with van der Waals surface area (Å²) in [5.41, 5.74) is 1.32. The maximum absolute atomic E-state index is 12.5. The van der Waals surface area contributed by atoms with Crippen LogP contribution >= 0.6 is 0 Å². The lowest BCUT2D eigenvalue weighted by Crippen LogP contribution is -2.44. The number of rotatable bonds is 5. The summed E-state index contributed by atoms with van der Waals surface area (Å²) in [5.74, 6) is 1.24. The second kappa shape index (κ2) is 8.63. The number of likely N-dealkylation sites (tertiary alicyclic amines) is 1. The van der Waals surface area contributed by atoms with Crippen LogP contribution in [-0.4, -0.2) is 43.5 Å². The summed E-state index contributed by atoms with van der Waals surface area (Å²) in [7, 11) is 0. The number of nitrogens with zero attached hydrogens (tertiary/aromatic N) is 1. The van der Waals surface area contributed by atoms with Gasteiger partial charge in [0.15, 0.2) is 0 Å². The Hall–Kier alpha value is -1.39. The van der Waals surface area contributed by atoms with Crippen LogP contribution in [0.1, 0.15) is 44.2 Å². The lowest BCUT2D eigenvalue weighted by Gasteiger charge is -2.37. The molecule has 3 rings (SSSR count). The van der Waals surface area contributed by atoms with Gasteiger partial charge in [-0.05, 0) is 63.3 Å². The third-order valence-corrected chi connectivity index (χ3v) is 5.62. The van der Waals surface area contributed by atoms with Crippen molar-refractivity contribution in [1.82, 2.24) is 15.5 Å². The number of carbonyl (C=O) groups is 1. The first-order valence-corrected chi connectivity index (χ1v) is 9.51. The van der Waals surface area contributed by atoms with Gasteiger partial charge in [0.1, 0.15) is 0 Å².